The number of ether oxygens (including phenoxy) is 1. The van der Waals surface area contributed by atoms with Crippen LogP contribution in [-0.4, -0.2) is 21.8 Å². The largest absolute Gasteiger partial charge is 0.504 e. The monoisotopic (exact) mass is 354 g/mol. The maximum absolute atomic E-state index is 12.7. The van der Waals surface area contributed by atoms with Gasteiger partial charge in [0.1, 0.15) is 5.82 Å². The lowest BCUT2D eigenvalue weighted by Gasteiger charge is -2.07. The first-order valence-corrected chi connectivity index (χ1v) is 8.22. The third kappa shape index (κ3) is 2.66. The van der Waals surface area contributed by atoms with Gasteiger partial charge >= 0.3 is 0 Å². The molecule has 4 rings (SSSR count). The summed E-state index contributed by atoms with van der Waals surface area (Å²) in [5, 5.41) is 10.8. The molecule has 0 spiro atoms. The van der Waals surface area contributed by atoms with E-state index in [9.17, 15) is 9.90 Å². The van der Waals surface area contributed by atoms with Crippen molar-refractivity contribution in [3.63, 3.8) is 0 Å². The van der Waals surface area contributed by atoms with Gasteiger partial charge in [0.15, 0.2) is 11.5 Å². The minimum atomic E-state index is -0.0525. The van der Waals surface area contributed by atoms with Crippen LogP contribution in [0.3, 0.4) is 0 Å². The third-order valence-electron chi connectivity index (χ3n) is 4.35. The van der Waals surface area contributed by atoms with Crippen LogP contribution in [0.25, 0.3) is 22.6 Å². The van der Waals surface area contributed by atoms with Crippen LogP contribution in [0.1, 0.15) is 17.8 Å². The van der Waals surface area contributed by atoms with E-state index in [2.05, 4.69) is 4.98 Å². The number of benzene rings is 2. The summed E-state index contributed by atoms with van der Waals surface area (Å²) < 4.78 is 6.84. The Labute approximate surface area is 148 Å². The molecule has 0 atom stereocenters. The summed E-state index contributed by atoms with van der Waals surface area (Å²) in [6.45, 7) is 0.598. The summed E-state index contributed by atoms with van der Waals surface area (Å²) in [7, 11) is 1.51. The topological polar surface area (TPSA) is 64.4 Å². The van der Waals surface area contributed by atoms with E-state index in [-0.39, 0.29) is 11.3 Å². The van der Waals surface area contributed by atoms with Gasteiger partial charge in [0.05, 0.1) is 18.0 Å². The molecule has 6 heteroatoms. The molecule has 5 nitrogen and oxygen atoms in total. The van der Waals surface area contributed by atoms with E-state index in [0.717, 1.165) is 17.6 Å². The minimum Gasteiger partial charge on any atom is -0.504 e. The highest BCUT2D eigenvalue weighted by molar-refractivity contribution is 6.31. The van der Waals surface area contributed by atoms with Gasteiger partial charge < -0.3 is 9.84 Å². The summed E-state index contributed by atoms with van der Waals surface area (Å²) in [4.78, 5) is 17.3. The molecule has 0 fully saturated rings. The SMILES string of the molecule is COc1cc(/C=C2\CCn3c2nc2cc(Cl)ccc2c3=O)ccc1O. The second-order valence-electron chi connectivity index (χ2n) is 5.90. The predicted molar refractivity (Wildman–Crippen MR) is 98.2 cm³/mol. The molecule has 1 aliphatic rings. The average molecular weight is 355 g/mol. The van der Waals surface area contributed by atoms with Crippen LogP contribution in [0.2, 0.25) is 5.02 Å². The van der Waals surface area contributed by atoms with Crippen LogP contribution in [-0.2, 0) is 6.54 Å². The molecule has 0 saturated carbocycles. The minimum absolute atomic E-state index is 0.0525. The van der Waals surface area contributed by atoms with Crippen molar-refractivity contribution in [3.8, 4) is 11.5 Å². The smallest absolute Gasteiger partial charge is 0.261 e. The van der Waals surface area contributed by atoms with Gasteiger partial charge in [-0.05, 0) is 54.0 Å². The molecule has 0 saturated heterocycles. The molecule has 2 heterocycles. The van der Waals surface area contributed by atoms with Gasteiger partial charge in [-0.3, -0.25) is 9.36 Å². The van der Waals surface area contributed by atoms with Gasteiger partial charge in [0.25, 0.3) is 5.56 Å². The summed E-state index contributed by atoms with van der Waals surface area (Å²) in [5.74, 6) is 1.15. The first-order valence-electron chi connectivity index (χ1n) is 7.85. The van der Waals surface area contributed by atoms with Crippen LogP contribution < -0.4 is 10.3 Å². The quantitative estimate of drug-likeness (QED) is 0.762. The van der Waals surface area contributed by atoms with Crippen molar-refractivity contribution in [2.75, 3.05) is 7.11 Å². The van der Waals surface area contributed by atoms with E-state index in [4.69, 9.17) is 16.3 Å². The Balaban J connectivity index is 1.86. The van der Waals surface area contributed by atoms with E-state index < -0.39 is 0 Å². The van der Waals surface area contributed by atoms with Crippen molar-refractivity contribution in [2.45, 2.75) is 13.0 Å². The summed E-state index contributed by atoms with van der Waals surface area (Å²) in [6, 6.07) is 10.3. The van der Waals surface area contributed by atoms with Gasteiger partial charge in [-0.2, -0.15) is 0 Å². The number of halogens is 1. The lowest BCUT2D eigenvalue weighted by Crippen LogP contribution is -2.20. The Morgan fingerprint density at radius 1 is 1.28 bits per heavy atom. The molecule has 0 unspecified atom stereocenters. The zero-order valence-corrected chi connectivity index (χ0v) is 14.2. The van der Waals surface area contributed by atoms with Crippen molar-refractivity contribution in [3.05, 3.63) is 63.2 Å². The number of hydrogen-bond acceptors (Lipinski definition) is 4. The van der Waals surface area contributed by atoms with Crippen LogP contribution in [0.15, 0.2) is 41.2 Å². The van der Waals surface area contributed by atoms with Crippen molar-refractivity contribution < 1.29 is 9.84 Å². The van der Waals surface area contributed by atoms with E-state index in [1.54, 1.807) is 41.0 Å². The van der Waals surface area contributed by atoms with E-state index in [0.29, 0.717) is 34.0 Å². The first kappa shape index (κ1) is 15.7. The molecule has 0 aliphatic carbocycles. The third-order valence-corrected chi connectivity index (χ3v) is 4.59. The lowest BCUT2D eigenvalue weighted by molar-refractivity contribution is 0.373. The van der Waals surface area contributed by atoms with Crippen LogP contribution in [0, 0.1) is 0 Å². The zero-order valence-electron chi connectivity index (χ0n) is 13.5. The van der Waals surface area contributed by atoms with Gasteiger partial charge in [-0.15, -0.1) is 0 Å². The second kappa shape index (κ2) is 5.93. The number of phenolic OH excluding ortho intramolecular Hbond substituents is 1. The number of fused-ring (bicyclic) bond motifs is 2. The summed E-state index contributed by atoms with van der Waals surface area (Å²) >= 11 is 6.04. The van der Waals surface area contributed by atoms with Crippen molar-refractivity contribution in [2.24, 2.45) is 0 Å². The molecule has 1 aromatic heterocycles. The van der Waals surface area contributed by atoms with E-state index in [1.807, 2.05) is 6.08 Å². The van der Waals surface area contributed by atoms with Crippen molar-refractivity contribution in [1.29, 1.82) is 0 Å². The van der Waals surface area contributed by atoms with Gasteiger partial charge in [-0.25, -0.2) is 4.98 Å². The number of hydrogen-bond donors (Lipinski definition) is 1. The summed E-state index contributed by atoms with van der Waals surface area (Å²) in [6.07, 6.45) is 2.68. The van der Waals surface area contributed by atoms with Crippen LogP contribution in [0.4, 0.5) is 0 Å². The maximum atomic E-state index is 12.7. The highest BCUT2D eigenvalue weighted by Gasteiger charge is 2.21. The molecule has 25 heavy (non-hydrogen) atoms. The molecule has 126 valence electrons. The van der Waals surface area contributed by atoms with E-state index in [1.165, 1.54) is 7.11 Å². The Morgan fingerprint density at radius 2 is 2.12 bits per heavy atom. The maximum Gasteiger partial charge on any atom is 0.261 e. The summed E-state index contributed by atoms with van der Waals surface area (Å²) in [5.41, 5.74) is 2.38. The number of phenols is 1. The Morgan fingerprint density at radius 3 is 2.92 bits per heavy atom. The molecule has 0 radical (unpaired) electrons. The predicted octanol–water partition coefficient (Wildman–Crippen LogP) is 3.71. The number of methoxy groups -OCH3 is 1. The molecule has 2 aromatic carbocycles. The fraction of sp³-hybridized carbons (Fsp3) is 0.158. The highest BCUT2D eigenvalue weighted by Crippen LogP contribution is 2.31. The number of rotatable bonds is 2. The normalized spacial score (nSPS) is 14.9. The Hall–Kier alpha value is -2.79. The number of nitrogens with zero attached hydrogens (tertiary/aromatic N) is 2. The molecular weight excluding hydrogens is 340 g/mol. The highest BCUT2D eigenvalue weighted by atomic mass is 35.5. The fourth-order valence-corrected chi connectivity index (χ4v) is 3.28. The molecular formula is C19H15ClN2O3. The van der Waals surface area contributed by atoms with Crippen molar-refractivity contribution >= 4 is 34.2 Å². The van der Waals surface area contributed by atoms with E-state index >= 15 is 0 Å². The number of aromatic nitrogens is 2. The molecule has 3 aromatic rings. The second-order valence-corrected chi connectivity index (χ2v) is 6.34. The zero-order chi connectivity index (χ0) is 17.6. The first-order chi connectivity index (χ1) is 12.1. The Kier molecular flexibility index (Phi) is 3.73. The van der Waals surface area contributed by atoms with Gasteiger partial charge in [-0.1, -0.05) is 17.7 Å². The fourth-order valence-electron chi connectivity index (χ4n) is 3.11. The molecule has 0 bridgehead atoms. The number of allylic oxidation sites excluding steroid dienone is 1. The van der Waals surface area contributed by atoms with Crippen molar-refractivity contribution in [1.82, 2.24) is 9.55 Å². The standard InChI is InChI=1S/C19H15ClN2O3/c1-25-17-9-11(2-5-16(17)23)8-12-6-7-22-18(12)21-15-10-13(20)3-4-14(15)19(22)24/h2-5,8-10,23H,6-7H2,1H3/b12-8+. The van der Waals surface area contributed by atoms with Crippen LogP contribution >= 0.6 is 11.6 Å². The number of aromatic hydroxyl groups is 1. The van der Waals surface area contributed by atoms with Crippen LogP contribution in [0.5, 0.6) is 11.5 Å². The molecule has 1 aliphatic heterocycles. The average Bonchev–Trinajstić information content (AvgIpc) is 2.99. The molecule has 1 N–H and O–H groups in total. The van der Waals surface area contributed by atoms with Gasteiger partial charge in [0, 0.05) is 11.6 Å². The lowest BCUT2D eigenvalue weighted by atomic mass is 10.1. The Bertz CT molecular complexity index is 1090. The molecule has 0 amide bonds. The van der Waals surface area contributed by atoms with Gasteiger partial charge in [0.2, 0.25) is 0 Å².